The fourth-order valence-electron chi connectivity index (χ4n) is 2.31. The number of methoxy groups -OCH3 is 3. The first-order chi connectivity index (χ1) is 8.59. The minimum atomic E-state index is -1.04. The largest absolute Gasteiger partial charge is 0.466 e. The molecule has 0 aromatic heterocycles. The fourth-order valence-corrected chi connectivity index (χ4v) is 2.31. The zero-order valence-electron chi connectivity index (χ0n) is 10.4. The van der Waals surface area contributed by atoms with Crippen molar-refractivity contribution in [2.75, 3.05) is 21.3 Å². The Hall–Kier alpha value is -1.88. The van der Waals surface area contributed by atoms with Gasteiger partial charge in [0.2, 0.25) is 0 Å². The molecule has 0 fully saturated rings. The predicted molar refractivity (Wildman–Crippen MR) is 62.6 cm³/mol. The summed E-state index contributed by atoms with van der Waals surface area (Å²) in [5.74, 6) is -1.41. The van der Waals surface area contributed by atoms with E-state index >= 15 is 0 Å². The van der Waals surface area contributed by atoms with Crippen molar-refractivity contribution in [1.82, 2.24) is 0 Å². The number of hydrogen-bond donors (Lipinski definition) is 0. The summed E-state index contributed by atoms with van der Waals surface area (Å²) in [5.41, 5.74) is -0.573. The highest BCUT2D eigenvalue weighted by atomic mass is 16.5. The van der Waals surface area contributed by atoms with Crippen molar-refractivity contribution < 1.29 is 23.8 Å². The molecular formula is C13H14O5. The van der Waals surface area contributed by atoms with Gasteiger partial charge in [-0.1, -0.05) is 12.2 Å². The van der Waals surface area contributed by atoms with Crippen LogP contribution in [0, 0.1) is 5.92 Å². The SMILES string of the molecule is COC(=O)C1=C(C(=O)OC)C2(OC)C=CC1C=C2. The Balaban J connectivity index is 2.61. The molecule has 96 valence electrons. The molecule has 0 amide bonds. The number of rotatable bonds is 3. The van der Waals surface area contributed by atoms with Gasteiger partial charge in [-0.15, -0.1) is 0 Å². The van der Waals surface area contributed by atoms with Gasteiger partial charge >= 0.3 is 11.9 Å². The molecule has 0 spiro atoms. The number of carbonyl (C=O) groups is 2. The molecule has 5 heteroatoms. The number of hydrogen-bond acceptors (Lipinski definition) is 5. The van der Waals surface area contributed by atoms with Gasteiger partial charge in [0.15, 0.2) is 0 Å². The van der Waals surface area contributed by atoms with Crippen LogP contribution in [-0.4, -0.2) is 38.9 Å². The lowest BCUT2D eigenvalue weighted by atomic mass is 9.73. The third-order valence-corrected chi connectivity index (χ3v) is 3.23. The molecule has 0 aromatic carbocycles. The van der Waals surface area contributed by atoms with E-state index in [1.165, 1.54) is 21.3 Å². The molecule has 3 aliphatic rings. The molecule has 0 unspecified atom stereocenters. The van der Waals surface area contributed by atoms with Crippen LogP contribution in [0.5, 0.6) is 0 Å². The summed E-state index contributed by atoms with van der Waals surface area (Å²) in [5, 5.41) is 0. The number of carbonyl (C=O) groups excluding carboxylic acids is 2. The first-order valence-electron chi connectivity index (χ1n) is 5.44. The molecular weight excluding hydrogens is 236 g/mol. The van der Waals surface area contributed by atoms with E-state index in [2.05, 4.69) is 0 Å². The van der Waals surface area contributed by atoms with E-state index in [1.54, 1.807) is 12.2 Å². The summed E-state index contributed by atoms with van der Waals surface area (Å²) in [7, 11) is 4.01. The van der Waals surface area contributed by atoms with E-state index in [0.29, 0.717) is 0 Å². The molecule has 18 heavy (non-hydrogen) atoms. The molecule has 2 bridgehead atoms. The first kappa shape index (κ1) is 12.6. The number of ether oxygens (including phenoxy) is 3. The van der Waals surface area contributed by atoms with Crippen LogP contribution in [0.25, 0.3) is 0 Å². The highest BCUT2D eigenvalue weighted by Gasteiger charge is 2.46. The summed E-state index contributed by atoms with van der Waals surface area (Å²) in [6.07, 6.45) is 7.11. The summed E-state index contributed by atoms with van der Waals surface area (Å²) in [6.45, 7) is 0. The molecule has 0 aliphatic heterocycles. The van der Waals surface area contributed by atoms with Crippen molar-refractivity contribution in [3.05, 3.63) is 35.5 Å². The van der Waals surface area contributed by atoms with Crippen molar-refractivity contribution in [1.29, 1.82) is 0 Å². The minimum absolute atomic E-state index is 0.189. The lowest BCUT2D eigenvalue weighted by Crippen LogP contribution is -2.42. The Morgan fingerprint density at radius 2 is 1.61 bits per heavy atom. The van der Waals surface area contributed by atoms with Crippen molar-refractivity contribution in [2.45, 2.75) is 5.60 Å². The zero-order chi connectivity index (χ0) is 13.3. The number of esters is 2. The Kier molecular flexibility index (Phi) is 3.09. The average molecular weight is 250 g/mol. The van der Waals surface area contributed by atoms with Gasteiger partial charge in [0.1, 0.15) is 5.60 Å². The molecule has 0 radical (unpaired) electrons. The molecule has 0 saturated carbocycles. The van der Waals surface area contributed by atoms with Crippen LogP contribution >= 0.6 is 0 Å². The Morgan fingerprint density at radius 3 is 2.06 bits per heavy atom. The Labute approximate surface area is 105 Å². The van der Waals surface area contributed by atoms with Gasteiger partial charge in [0.25, 0.3) is 0 Å². The van der Waals surface area contributed by atoms with Crippen LogP contribution in [0.1, 0.15) is 0 Å². The maximum atomic E-state index is 11.9. The van der Waals surface area contributed by atoms with Crippen LogP contribution in [0.3, 0.4) is 0 Å². The van der Waals surface area contributed by atoms with Gasteiger partial charge in [0, 0.05) is 13.0 Å². The predicted octanol–water partition coefficient (Wildman–Crippen LogP) is 0.770. The minimum Gasteiger partial charge on any atom is -0.466 e. The molecule has 0 saturated heterocycles. The summed E-state index contributed by atoms with van der Waals surface area (Å²) < 4.78 is 14.9. The van der Waals surface area contributed by atoms with Crippen molar-refractivity contribution >= 4 is 11.9 Å². The maximum Gasteiger partial charge on any atom is 0.337 e. The second-order valence-electron chi connectivity index (χ2n) is 4.01. The highest BCUT2D eigenvalue weighted by molar-refractivity contribution is 6.04. The highest BCUT2D eigenvalue weighted by Crippen LogP contribution is 2.41. The quantitative estimate of drug-likeness (QED) is 0.547. The molecule has 3 aliphatic carbocycles. The molecule has 5 nitrogen and oxygen atoms in total. The van der Waals surface area contributed by atoms with Crippen molar-refractivity contribution in [3.8, 4) is 0 Å². The lowest BCUT2D eigenvalue weighted by molar-refractivity contribution is -0.141. The molecule has 3 rings (SSSR count). The summed E-state index contributed by atoms with van der Waals surface area (Å²) in [6, 6.07) is 0. The van der Waals surface area contributed by atoms with Crippen LogP contribution < -0.4 is 0 Å². The molecule has 0 heterocycles. The van der Waals surface area contributed by atoms with E-state index in [4.69, 9.17) is 14.2 Å². The normalized spacial score (nSPS) is 28.5. The Bertz CT molecular complexity index is 470. The third kappa shape index (κ3) is 1.59. The zero-order valence-corrected chi connectivity index (χ0v) is 10.4. The van der Waals surface area contributed by atoms with Crippen molar-refractivity contribution in [2.24, 2.45) is 5.92 Å². The van der Waals surface area contributed by atoms with Gasteiger partial charge in [-0.05, 0) is 12.2 Å². The topological polar surface area (TPSA) is 61.8 Å². The maximum absolute atomic E-state index is 11.9. The first-order valence-corrected chi connectivity index (χ1v) is 5.44. The van der Waals surface area contributed by atoms with E-state index in [9.17, 15) is 9.59 Å². The van der Waals surface area contributed by atoms with Gasteiger partial charge in [-0.25, -0.2) is 9.59 Å². The standard InChI is InChI=1S/C13H14O5/c1-16-11(14)9-8-4-6-13(18-3,7-5-8)10(9)12(15)17-2/h4-8H,1-3H3. The van der Waals surface area contributed by atoms with Crippen LogP contribution in [0.2, 0.25) is 0 Å². The summed E-state index contributed by atoms with van der Waals surface area (Å²) >= 11 is 0. The Morgan fingerprint density at radius 1 is 1.06 bits per heavy atom. The molecule has 0 aromatic rings. The van der Waals surface area contributed by atoms with E-state index in [1.807, 2.05) is 12.2 Å². The third-order valence-electron chi connectivity index (χ3n) is 3.23. The van der Waals surface area contributed by atoms with E-state index < -0.39 is 17.5 Å². The monoisotopic (exact) mass is 250 g/mol. The van der Waals surface area contributed by atoms with Crippen LogP contribution in [-0.2, 0) is 23.8 Å². The van der Waals surface area contributed by atoms with Crippen molar-refractivity contribution in [3.63, 3.8) is 0 Å². The van der Waals surface area contributed by atoms with E-state index in [0.717, 1.165) is 0 Å². The van der Waals surface area contributed by atoms with Gasteiger partial charge in [-0.3, -0.25) is 0 Å². The van der Waals surface area contributed by atoms with Gasteiger partial charge < -0.3 is 14.2 Å². The van der Waals surface area contributed by atoms with Crippen LogP contribution in [0.4, 0.5) is 0 Å². The molecule has 0 atom stereocenters. The average Bonchev–Trinajstić information content (AvgIpc) is 2.45. The van der Waals surface area contributed by atoms with E-state index in [-0.39, 0.29) is 17.1 Å². The lowest BCUT2D eigenvalue weighted by Gasteiger charge is -2.37. The fraction of sp³-hybridized carbons (Fsp3) is 0.385. The van der Waals surface area contributed by atoms with Gasteiger partial charge in [0.05, 0.1) is 25.4 Å². The smallest absolute Gasteiger partial charge is 0.337 e. The second-order valence-corrected chi connectivity index (χ2v) is 4.01. The number of allylic oxidation sites excluding steroid dienone is 2. The summed E-state index contributed by atoms with van der Waals surface area (Å²) in [4.78, 5) is 23.8. The van der Waals surface area contributed by atoms with Crippen LogP contribution in [0.15, 0.2) is 35.5 Å². The molecule has 0 N–H and O–H groups in total. The van der Waals surface area contributed by atoms with Gasteiger partial charge in [-0.2, -0.15) is 0 Å². The second kappa shape index (κ2) is 4.42.